The highest BCUT2D eigenvalue weighted by atomic mass is 32.2. The van der Waals surface area contributed by atoms with Gasteiger partial charge in [0, 0.05) is 219 Å². The normalized spacial score (nSPS) is 10.9. The molecule has 0 aliphatic carbocycles. The summed E-state index contributed by atoms with van der Waals surface area (Å²) in [4.78, 5) is 54.2. The zero-order valence-electron chi connectivity index (χ0n) is 78.1. The van der Waals surface area contributed by atoms with Gasteiger partial charge in [0.15, 0.2) is 5.82 Å². The minimum absolute atomic E-state index is 0.0219. The third-order valence-electron chi connectivity index (χ3n) is 21.6. The van der Waals surface area contributed by atoms with Crippen LogP contribution in [-0.4, -0.2) is 205 Å². The number of benzene rings is 8. The van der Waals surface area contributed by atoms with Crippen molar-refractivity contribution in [2.75, 3.05) is 122 Å². The number of aliphatic hydroxyl groups excluding tert-OH is 1. The van der Waals surface area contributed by atoms with Gasteiger partial charge in [0.25, 0.3) is 0 Å². The van der Waals surface area contributed by atoms with Crippen molar-refractivity contribution in [3.05, 3.63) is 274 Å². The van der Waals surface area contributed by atoms with E-state index in [0.717, 1.165) is 124 Å². The molecule has 18 aromatic rings. The number of methoxy groups -OCH3 is 9. The van der Waals surface area contributed by atoms with E-state index in [9.17, 15) is 12.8 Å². The molecule has 0 saturated heterocycles. The van der Waals surface area contributed by atoms with Crippen LogP contribution < -0.4 is 62.2 Å². The first kappa shape index (κ1) is 95.2. The Morgan fingerprint density at radius 1 is 0.348 bits per heavy atom. The Hall–Kier alpha value is -17.4. The van der Waals surface area contributed by atoms with Crippen molar-refractivity contribution in [1.29, 1.82) is 0 Å². The van der Waals surface area contributed by atoms with Gasteiger partial charge in [-0.2, -0.15) is 20.4 Å². The van der Waals surface area contributed by atoms with Gasteiger partial charge in [-0.1, -0.05) is 23.8 Å². The number of nitrogens with zero attached hydrogens (tertiary/aromatic N) is 22. The van der Waals surface area contributed by atoms with Crippen LogP contribution in [0, 0.1) is 29.5 Å². The molecule has 0 atom stereocenters. The average Bonchev–Trinajstić information content (AvgIpc) is 1.27. The molecule has 1 N–H and O–H groups in total. The monoisotopic (exact) mass is 1870 g/mol. The first-order valence-electron chi connectivity index (χ1n) is 42.9. The van der Waals surface area contributed by atoms with Gasteiger partial charge in [0.05, 0.1) is 212 Å². The largest absolute Gasteiger partial charge is 0.497 e. The van der Waals surface area contributed by atoms with E-state index >= 15 is 0 Å². The van der Waals surface area contributed by atoms with Gasteiger partial charge < -0.3 is 67.3 Å². The molecule has 0 amide bonds. The molecule has 700 valence electrons. The molecule has 138 heavy (non-hydrogen) atoms. The highest BCUT2D eigenvalue weighted by molar-refractivity contribution is 7.90. The minimum atomic E-state index is -3.19. The van der Waals surface area contributed by atoms with Crippen LogP contribution in [-0.2, 0) is 44.6 Å². The van der Waals surface area contributed by atoms with Crippen molar-refractivity contribution < 1.29 is 60.5 Å². The maximum Gasteiger partial charge on any atom is 0.213 e. The number of aliphatic hydroxyl groups is 1. The minimum Gasteiger partial charge on any atom is -0.497 e. The summed E-state index contributed by atoms with van der Waals surface area (Å²) in [6.07, 6.45) is 24.3. The zero-order chi connectivity index (χ0) is 96.9. The summed E-state index contributed by atoms with van der Waals surface area (Å²) < 4.78 is 93.9. The predicted octanol–water partition coefficient (Wildman–Crippen LogP) is 16.0. The lowest BCUT2D eigenvalue weighted by molar-refractivity contribution is 0.350. The fraction of sp³-hybridized carbons (Fsp3) is 0.196. The van der Waals surface area contributed by atoms with E-state index in [2.05, 4.69) is 78.9 Å². The van der Waals surface area contributed by atoms with Crippen LogP contribution >= 0.6 is 0 Å². The van der Waals surface area contributed by atoms with Gasteiger partial charge in [-0.3, -0.25) is 38.7 Å². The van der Waals surface area contributed by atoms with E-state index in [4.69, 9.17) is 67.7 Å². The number of sulfone groups is 1. The highest BCUT2D eigenvalue weighted by Crippen LogP contribution is 2.41. The van der Waals surface area contributed by atoms with Gasteiger partial charge in [-0.15, -0.1) is 0 Å². The Morgan fingerprint density at radius 3 is 1.00 bits per heavy atom. The summed E-state index contributed by atoms with van der Waals surface area (Å²) in [6, 6.07) is 54.3. The third kappa shape index (κ3) is 23.8. The van der Waals surface area contributed by atoms with Crippen LogP contribution in [0.1, 0.15) is 11.4 Å². The number of ether oxygens (including phenoxy) is 9. The zero-order valence-corrected chi connectivity index (χ0v) is 78.9. The van der Waals surface area contributed by atoms with Gasteiger partial charge in [0.1, 0.15) is 68.1 Å². The lowest BCUT2D eigenvalue weighted by atomic mass is 10.1. The van der Waals surface area contributed by atoms with E-state index in [-0.39, 0.29) is 31.1 Å². The molecular formula is C102H97FN22O12S. The standard InChI is InChI=1S/C28H23FN6O2.C27H26N6O3.C24H23N5O3.C23H25N5O4S/c1-34-18-19(16-32-34)28-17-31-26-9-8-20(14-27(26)33-28)35(11-5-7-25-24(29)6-4-10-30-25)21-12-22(36-2)15-23(13-21)37-3;1-32-16-18(14-29-32)26-15-28-24-9-8-20(12-25(24)31-26)33(17-19-6-5-7-27(30-19)36-4)21-10-22(34-2)13-23(11-21)35-3;1-28-16-17(14-26-28)24-15-25-22-7-6-18(12-23(22)27-24)29(8-4-5-9-30)19-10-20(31-2)13-21(11-19)32-3;1-27-15-16(13-25-27)23-14-24-21-6-5-17(11-22(21)26-23)28(7-8-33(4,29)30)18-9-19(31-2)12-20(10-18)32-3/h4,6,8-10,12-18H,11H2,1-3H3;5-16H,17H2,1-4H3;6-7,10-16,30H,8-9H2,1-3H3;5-6,9-15H,7-8H2,1-4H3. The molecule has 0 spiro atoms. The lowest BCUT2D eigenvalue weighted by Crippen LogP contribution is -2.24. The first-order valence-corrected chi connectivity index (χ1v) is 44.9. The first-order chi connectivity index (χ1) is 66.9. The highest BCUT2D eigenvalue weighted by Gasteiger charge is 2.23. The van der Waals surface area contributed by atoms with Crippen molar-refractivity contribution in [2.45, 2.75) is 6.54 Å². The maximum absolute atomic E-state index is 14.1. The quantitative estimate of drug-likeness (QED) is 0.0445. The summed E-state index contributed by atoms with van der Waals surface area (Å²) >= 11 is 0. The third-order valence-corrected chi connectivity index (χ3v) is 22.5. The molecule has 0 saturated carbocycles. The number of anilines is 8. The Kier molecular flexibility index (Phi) is 30.4. The van der Waals surface area contributed by atoms with Crippen LogP contribution in [0.4, 0.5) is 49.9 Å². The van der Waals surface area contributed by atoms with Gasteiger partial charge >= 0.3 is 0 Å². The molecule has 0 bridgehead atoms. The smallest absolute Gasteiger partial charge is 0.213 e. The van der Waals surface area contributed by atoms with E-state index in [1.54, 1.807) is 144 Å². The number of pyridine rings is 2. The molecule has 0 radical (unpaired) electrons. The number of fused-ring (bicyclic) bond motifs is 4. The number of aryl methyl sites for hydroxylation is 4. The van der Waals surface area contributed by atoms with Gasteiger partial charge in [-0.05, 0) is 96.9 Å². The SMILES string of the molecule is COc1cc(OC)cc(N(CC#CCO)c2ccc3ncc(-c4cnn(C)c4)nc3c2)c1.COc1cc(OC)cc(N(CC#Cc2ncccc2F)c2ccc3ncc(-c4cnn(C)c4)nc3c2)c1.COc1cc(OC)cc(N(CCS(C)(=O)=O)c2ccc3ncc(-c4cnn(C)c4)nc3c2)c1.COc1cc(OC)cc(N(Cc2cccc(OC)n2)c2ccc3ncc(-c4cnn(C)c4)nc3c2)c1. The Labute approximate surface area is 795 Å². The topological polar surface area (TPSA) is 351 Å². The number of halogens is 1. The Balaban J connectivity index is 0.000000140. The summed E-state index contributed by atoms with van der Waals surface area (Å²) in [5, 5.41) is 26.0. The second-order valence-corrected chi connectivity index (χ2v) is 33.2. The number of hydrogen-bond acceptors (Lipinski definition) is 30. The fourth-order valence-corrected chi connectivity index (χ4v) is 15.1. The maximum atomic E-state index is 14.1. The lowest BCUT2D eigenvalue weighted by Gasteiger charge is -2.26. The van der Waals surface area contributed by atoms with Gasteiger partial charge in [-0.25, -0.2) is 42.7 Å². The van der Waals surface area contributed by atoms with E-state index in [1.165, 1.54) is 24.6 Å². The molecule has 18 rings (SSSR count). The summed E-state index contributed by atoms with van der Waals surface area (Å²) in [5.41, 5.74) is 20.0. The summed E-state index contributed by atoms with van der Waals surface area (Å²) in [6.45, 7) is 1.13. The molecule has 36 heteroatoms. The molecule has 0 aliphatic rings. The van der Waals surface area contributed by atoms with Crippen molar-refractivity contribution in [1.82, 2.24) is 89.0 Å². The van der Waals surface area contributed by atoms with Gasteiger partial charge in [0.2, 0.25) is 5.88 Å². The molecule has 0 fully saturated rings. The fourth-order valence-electron chi connectivity index (χ4n) is 14.6. The number of hydrogen-bond donors (Lipinski definition) is 1. The van der Waals surface area contributed by atoms with Crippen molar-refractivity contribution in [3.63, 3.8) is 0 Å². The summed E-state index contributed by atoms with van der Waals surface area (Å²) in [5.74, 6) is 16.8. The second-order valence-electron chi connectivity index (χ2n) is 31.0. The van der Waals surface area contributed by atoms with Crippen LogP contribution in [0.25, 0.3) is 89.2 Å². The van der Waals surface area contributed by atoms with Crippen molar-refractivity contribution >= 4 is 99.5 Å². The van der Waals surface area contributed by atoms with Crippen molar-refractivity contribution in [2.24, 2.45) is 28.2 Å². The van der Waals surface area contributed by atoms with E-state index in [0.29, 0.717) is 81.7 Å². The Bertz CT molecular complexity index is 7560. The second kappa shape index (κ2) is 44.0. The number of rotatable bonds is 28. The predicted molar refractivity (Wildman–Crippen MR) is 528 cm³/mol. The van der Waals surface area contributed by atoms with E-state index < -0.39 is 15.7 Å². The van der Waals surface area contributed by atoms with Crippen molar-refractivity contribution in [3.8, 4) is 121 Å². The average molecular weight is 1870 g/mol. The van der Waals surface area contributed by atoms with E-state index in [1.807, 2.05) is 219 Å². The van der Waals surface area contributed by atoms with Crippen LogP contribution in [0.2, 0.25) is 0 Å². The number of aromatic nitrogens is 18. The van der Waals surface area contributed by atoms with Crippen LogP contribution in [0.15, 0.2) is 256 Å². The molecule has 8 aromatic carbocycles. The van der Waals surface area contributed by atoms with Crippen LogP contribution in [0.5, 0.6) is 51.9 Å². The van der Waals surface area contributed by atoms with Crippen LogP contribution in [0.3, 0.4) is 0 Å². The molecule has 10 aromatic heterocycles. The molecule has 34 nitrogen and oxygen atoms in total. The summed E-state index contributed by atoms with van der Waals surface area (Å²) in [7, 11) is 18.7. The molecule has 10 heterocycles. The molecule has 0 unspecified atom stereocenters. The Morgan fingerprint density at radius 2 is 0.681 bits per heavy atom. The molecular weight excluding hydrogens is 1780 g/mol. The molecule has 0 aliphatic heterocycles.